The van der Waals surface area contributed by atoms with Crippen LogP contribution in [0.15, 0.2) is 48.8 Å². The monoisotopic (exact) mass is 340 g/mol. The van der Waals surface area contributed by atoms with Crippen molar-refractivity contribution in [3.05, 3.63) is 60.2 Å². The molecule has 1 aliphatic rings. The first kappa shape index (κ1) is 15.5. The molecule has 3 aromatic rings. The second-order valence-corrected chi connectivity index (χ2v) is 6.01. The third-order valence-corrected chi connectivity index (χ3v) is 4.26. The van der Waals surface area contributed by atoms with Gasteiger partial charge in [-0.15, -0.1) is 0 Å². The molecule has 4 rings (SSSR count). The van der Waals surface area contributed by atoms with E-state index in [4.69, 9.17) is 5.73 Å². The average Bonchev–Trinajstić information content (AvgIpc) is 3.24. The van der Waals surface area contributed by atoms with Gasteiger partial charge in [0.05, 0.1) is 12.1 Å². The summed E-state index contributed by atoms with van der Waals surface area (Å²) in [4.78, 5) is 10.4. The van der Waals surface area contributed by atoms with Crippen LogP contribution in [0.1, 0.15) is 18.0 Å². The minimum atomic E-state index is -0.530. The highest BCUT2D eigenvalue weighted by atomic mass is 19.1. The maximum Gasteiger partial charge on any atom is 0.224 e. The fourth-order valence-corrected chi connectivity index (χ4v) is 3.21. The quantitative estimate of drug-likeness (QED) is 0.754. The van der Waals surface area contributed by atoms with Crippen LogP contribution < -0.4 is 10.6 Å². The van der Waals surface area contributed by atoms with Crippen molar-refractivity contribution in [1.29, 1.82) is 0 Å². The summed E-state index contributed by atoms with van der Waals surface area (Å²) in [5.74, 6) is 0.913. The Kier molecular flexibility index (Phi) is 3.81. The summed E-state index contributed by atoms with van der Waals surface area (Å²) >= 11 is 0. The maximum absolute atomic E-state index is 13.6. The maximum atomic E-state index is 13.6. The highest BCUT2D eigenvalue weighted by Gasteiger charge is 2.33. The minimum Gasteiger partial charge on any atom is -0.391 e. The first-order valence-corrected chi connectivity index (χ1v) is 7.95. The van der Waals surface area contributed by atoms with E-state index in [2.05, 4.69) is 15.1 Å². The molecule has 0 unspecified atom stereocenters. The van der Waals surface area contributed by atoms with E-state index in [1.165, 1.54) is 12.1 Å². The highest BCUT2D eigenvalue weighted by Crippen LogP contribution is 2.36. The summed E-state index contributed by atoms with van der Waals surface area (Å²) in [6.07, 6.45) is 3.36. The number of nitrogens with two attached hydrogens (primary N) is 1. The number of benzene rings is 1. The second kappa shape index (κ2) is 6.14. The van der Waals surface area contributed by atoms with Gasteiger partial charge in [0.2, 0.25) is 5.95 Å². The van der Waals surface area contributed by atoms with E-state index in [0.29, 0.717) is 24.6 Å². The largest absolute Gasteiger partial charge is 0.391 e. The van der Waals surface area contributed by atoms with Crippen molar-refractivity contribution in [2.75, 3.05) is 17.2 Å². The molecule has 0 spiro atoms. The molecule has 8 heteroatoms. The molecule has 1 aromatic carbocycles. The molecule has 25 heavy (non-hydrogen) atoms. The van der Waals surface area contributed by atoms with Crippen LogP contribution >= 0.6 is 0 Å². The van der Waals surface area contributed by atoms with Gasteiger partial charge in [0.1, 0.15) is 11.6 Å². The topological polar surface area (TPSA) is 93.1 Å². The zero-order valence-corrected chi connectivity index (χ0v) is 13.3. The van der Waals surface area contributed by atoms with Gasteiger partial charge in [-0.2, -0.15) is 15.1 Å². The molecule has 0 amide bonds. The van der Waals surface area contributed by atoms with Crippen LogP contribution in [-0.4, -0.2) is 37.5 Å². The molecule has 3 N–H and O–H groups in total. The standard InChI is InChI=1S/C17H17FN6O/c18-12-4-1-3-11(7-12)14-8-13(25)10-23(14)15-9-16(22-17(19)21-15)24-6-2-5-20-24/h1-7,9,13-14,25H,8,10H2,(H2,19,21,22)/t13-,14-/m0/s1. The zero-order chi connectivity index (χ0) is 17.4. The van der Waals surface area contributed by atoms with E-state index >= 15 is 0 Å². The summed E-state index contributed by atoms with van der Waals surface area (Å²) in [6.45, 7) is 0.385. The average molecular weight is 340 g/mol. The van der Waals surface area contributed by atoms with Gasteiger partial charge in [-0.1, -0.05) is 12.1 Å². The van der Waals surface area contributed by atoms with E-state index in [0.717, 1.165) is 5.56 Å². The molecular weight excluding hydrogens is 323 g/mol. The molecule has 1 fully saturated rings. The summed E-state index contributed by atoms with van der Waals surface area (Å²) in [7, 11) is 0. The Labute approximate surface area is 143 Å². The Morgan fingerprint density at radius 1 is 1.16 bits per heavy atom. The third-order valence-electron chi connectivity index (χ3n) is 4.26. The molecule has 2 aromatic heterocycles. The van der Waals surface area contributed by atoms with E-state index < -0.39 is 6.10 Å². The predicted octanol–water partition coefficient (Wildman–Crippen LogP) is 1.70. The van der Waals surface area contributed by atoms with Gasteiger partial charge in [-0.3, -0.25) is 0 Å². The lowest BCUT2D eigenvalue weighted by molar-refractivity contribution is 0.194. The fourth-order valence-electron chi connectivity index (χ4n) is 3.21. The molecule has 0 bridgehead atoms. The first-order valence-electron chi connectivity index (χ1n) is 7.95. The van der Waals surface area contributed by atoms with Gasteiger partial charge < -0.3 is 15.7 Å². The Hall–Kier alpha value is -3.00. The number of hydrogen-bond acceptors (Lipinski definition) is 6. The molecule has 0 saturated carbocycles. The van der Waals surface area contributed by atoms with Crippen molar-refractivity contribution >= 4 is 11.8 Å². The van der Waals surface area contributed by atoms with Crippen molar-refractivity contribution < 1.29 is 9.50 Å². The zero-order valence-electron chi connectivity index (χ0n) is 13.3. The van der Waals surface area contributed by atoms with Gasteiger partial charge in [0.25, 0.3) is 0 Å². The van der Waals surface area contributed by atoms with Crippen LogP contribution in [0, 0.1) is 5.82 Å². The number of aliphatic hydroxyl groups is 1. The lowest BCUT2D eigenvalue weighted by Gasteiger charge is -2.26. The Balaban J connectivity index is 1.74. The number of halogens is 1. The number of aliphatic hydroxyl groups excluding tert-OH is 1. The Morgan fingerprint density at radius 2 is 2.00 bits per heavy atom. The van der Waals surface area contributed by atoms with Crippen LogP contribution in [0.3, 0.4) is 0 Å². The molecule has 1 aliphatic heterocycles. The van der Waals surface area contributed by atoms with Gasteiger partial charge in [0, 0.05) is 25.0 Å². The Morgan fingerprint density at radius 3 is 2.76 bits per heavy atom. The minimum absolute atomic E-state index is 0.113. The number of anilines is 2. The van der Waals surface area contributed by atoms with Crippen molar-refractivity contribution in [2.45, 2.75) is 18.6 Å². The SMILES string of the molecule is Nc1nc(N2C[C@@H](O)C[C@H]2c2cccc(F)c2)cc(-n2cccn2)n1. The van der Waals surface area contributed by atoms with Gasteiger partial charge >= 0.3 is 0 Å². The lowest BCUT2D eigenvalue weighted by atomic mass is 10.0. The Bertz CT molecular complexity index is 885. The molecule has 0 aliphatic carbocycles. The number of β-amino-alcohol motifs (C(OH)–C–C–N with tert-alkyl or cyclic N) is 1. The van der Waals surface area contributed by atoms with Gasteiger partial charge in [0.15, 0.2) is 5.82 Å². The van der Waals surface area contributed by atoms with E-state index in [-0.39, 0.29) is 17.8 Å². The molecule has 0 radical (unpaired) electrons. The summed E-state index contributed by atoms with van der Waals surface area (Å²) in [5.41, 5.74) is 6.65. The van der Waals surface area contributed by atoms with E-state index in [1.54, 1.807) is 35.3 Å². The summed E-state index contributed by atoms with van der Waals surface area (Å²) in [6, 6.07) is 9.74. The molecule has 1 saturated heterocycles. The highest BCUT2D eigenvalue weighted by molar-refractivity contribution is 5.51. The molecule has 3 heterocycles. The summed E-state index contributed by atoms with van der Waals surface area (Å²) < 4.78 is 15.2. The molecular formula is C17H17FN6O. The van der Waals surface area contributed by atoms with Crippen molar-refractivity contribution in [1.82, 2.24) is 19.7 Å². The van der Waals surface area contributed by atoms with Crippen LogP contribution in [0.25, 0.3) is 5.82 Å². The number of aromatic nitrogens is 4. The van der Waals surface area contributed by atoms with Crippen molar-refractivity contribution in [2.24, 2.45) is 0 Å². The van der Waals surface area contributed by atoms with E-state index in [1.807, 2.05) is 11.0 Å². The number of rotatable bonds is 3. The summed E-state index contributed by atoms with van der Waals surface area (Å²) in [5, 5.41) is 14.3. The van der Waals surface area contributed by atoms with Crippen molar-refractivity contribution in [3.63, 3.8) is 0 Å². The van der Waals surface area contributed by atoms with Crippen LogP contribution in [-0.2, 0) is 0 Å². The normalized spacial score (nSPS) is 20.2. The third kappa shape index (κ3) is 3.03. The van der Waals surface area contributed by atoms with Crippen molar-refractivity contribution in [3.8, 4) is 5.82 Å². The number of nitrogen functional groups attached to an aromatic ring is 1. The number of nitrogens with zero attached hydrogens (tertiary/aromatic N) is 5. The van der Waals surface area contributed by atoms with Crippen LogP contribution in [0.4, 0.5) is 16.2 Å². The smallest absolute Gasteiger partial charge is 0.224 e. The predicted molar refractivity (Wildman–Crippen MR) is 90.7 cm³/mol. The molecule has 128 valence electrons. The molecule has 2 atom stereocenters. The fraction of sp³-hybridized carbons (Fsp3) is 0.235. The second-order valence-electron chi connectivity index (χ2n) is 6.01. The lowest BCUT2D eigenvalue weighted by Crippen LogP contribution is -2.26. The van der Waals surface area contributed by atoms with Gasteiger partial charge in [-0.05, 0) is 30.2 Å². The molecule has 7 nitrogen and oxygen atoms in total. The van der Waals surface area contributed by atoms with E-state index in [9.17, 15) is 9.50 Å². The van der Waals surface area contributed by atoms with Crippen LogP contribution in [0.2, 0.25) is 0 Å². The van der Waals surface area contributed by atoms with Gasteiger partial charge in [-0.25, -0.2) is 9.07 Å². The first-order chi connectivity index (χ1) is 12.1. The number of hydrogen-bond donors (Lipinski definition) is 2. The van der Waals surface area contributed by atoms with Crippen LogP contribution in [0.5, 0.6) is 0 Å².